The van der Waals surface area contributed by atoms with Gasteiger partial charge < -0.3 is 10.8 Å². The Morgan fingerprint density at radius 1 is 1.31 bits per heavy atom. The van der Waals surface area contributed by atoms with Crippen molar-refractivity contribution in [1.29, 1.82) is 0 Å². The first-order valence-corrected chi connectivity index (χ1v) is 6.87. The van der Waals surface area contributed by atoms with Crippen molar-refractivity contribution in [2.75, 3.05) is 12.4 Å². The maximum atomic E-state index is 11.4. The van der Waals surface area contributed by atoms with E-state index in [9.17, 15) is 8.42 Å². The van der Waals surface area contributed by atoms with Gasteiger partial charge in [-0.2, -0.15) is 0 Å². The fraction of sp³-hybridized carbons (Fsp3) is 0.300. The quantitative estimate of drug-likeness (QED) is 0.740. The second-order valence-corrected chi connectivity index (χ2v) is 6.00. The maximum Gasteiger partial charge on any atom is 0.156 e. The van der Waals surface area contributed by atoms with E-state index in [0.717, 1.165) is 0 Å². The number of hydrogen-bond acceptors (Lipinski definition) is 4. The zero-order valence-corrected chi connectivity index (χ0v) is 10.2. The Kier molecular flexibility index (Phi) is 4.40. The molecule has 0 aliphatic rings. The van der Waals surface area contributed by atoms with Crippen LogP contribution in [-0.4, -0.2) is 30.9 Å². The lowest BCUT2D eigenvalue weighted by Crippen LogP contribution is -2.13. The highest BCUT2D eigenvalue weighted by Gasteiger charge is 2.10. The number of benzene rings is 1. The molecule has 0 bridgehead atoms. The van der Waals surface area contributed by atoms with Crippen LogP contribution in [0.5, 0.6) is 0 Å². The molecule has 0 spiro atoms. The van der Waals surface area contributed by atoms with Crippen LogP contribution >= 0.6 is 12.2 Å². The van der Waals surface area contributed by atoms with Gasteiger partial charge in [0.15, 0.2) is 9.84 Å². The minimum absolute atomic E-state index is 0.0782. The molecule has 1 aromatic rings. The van der Waals surface area contributed by atoms with Gasteiger partial charge in [0.25, 0.3) is 0 Å². The van der Waals surface area contributed by atoms with Gasteiger partial charge in [0.05, 0.1) is 18.1 Å². The highest BCUT2D eigenvalue weighted by atomic mass is 32.2. The van der Waals surface area contributed by atoms with E-state index in [1.165, 1.54) is 0 Å². The number of thiocarbonyl (C=S) groups is 1. The molecule has 0 atom stereocenters. The molecule has 0 saturated heterocycles. The Hall–Kier alpha value is -0.980. The molecular weight excluding hydrogens is 246 g/mol. The number of aliphatic hydroxyl groups is 1. The van der Waals surface area contributed by atoms with Crippen LogP contribution in [0.1, 0.15) is 11.1 Å². The predicted octanol–water partition coefficient (Wildman–Crippen LogP) is 0.228. The summed E-state index contributed by atoms with van der Waals surface area (Å²) in [5, 5.41) is 8.58. The van der Waals surface area contributed by atoms with Gasteiger partial charge in [-0.1, -0.05) is 36.5 Å². The topological polar surface area (TPSA) is 80.4 Å². The molecule has 0 radical (unpaired) electrons. The molecule has 4 nitrogen and oxygen atoms in total. The van der Waals surface area contributed by atoms with Crippen molar-refractivity contribution >= 4 is 27.0 Å². The Bertz CT molecular complexity index is 465. The van der Waals surface area contributed by atoms with Crippen molar-refractivity contribution in [3.8, 4) is 0 Å². The molecule has 0 aromatic heterocycles. The normalized spacial score (nSPS) is 11.3. The van der Waals surface area contributed by atoms with Gasteiger partial charge in [0, 0.05) is 5.56 Å². The summed E-state index contributed by atoms with van der Waals surface area (Å²) in [7, 11) is -3.23. The third kappa shape index (κ3) is 3.88. The average molecular weight is 259 g/mol. The summed E-state index contributed by atoms with van der Waals surface area (Å²) in [6.45, 7) is -0.354. The number of sulfone groups is 1. The van der Waals surface area contributed by atoms with Crippen molar-refractivity contribution in [3.05, 3.63) is 35.4 Å². The van der Waals surface area contributed by atoms with Crippen molar-refractivity contribution in [1.82, 2.24) is 0 Å². The largest absolute Gasteiger partial charge is 0.395 e. The van der Waals surface area contributed by atoms with Crippen LogP contribution in [0.2, 0.25) is 0 Å². The fourth-order valence-electron chi connectivity index (χ4n) is 1.23. The Balaban J connectivity index is 2.80. The average Bonchev–Trinajstić information content (AvgIpc) is 2.17. The van der Waals surface area contributed by atoms with Crippen LogP contribution in [0.15, 0.2) is 24.3 Å². The van der Waals surface area contributed by atoms with Gasteiger partial charge >= 0.3 is 0 Å². The van der Waals surface area contributed by atoms with E-state index in [1.54, 1.807) is 24.3 Å². The molecule has 16 heavy (non-hydrogen) atoms. The minimum atomic E-state index is -3.23. The van der Waals surface area contributed by atoms with Crippen LogP contribution < -0.4 is 5.73 Å². The number of hydrogen-bond donors (Lipinski definition) is 2. The summed E-state index contributed by atoms with van der Waals surface area (Å²) >= 11 is 4.78. The van der Waals surface area contributed by atoms with Crippen molar-refractivity contribution in [3.63, 3.8) is 0 Å². The van der Waals surface area contributed by atoms with Gasteiger partial charge in [0.1, 0.15) is 4.99 Å². The van der Waals surface area contributed by atoms with E-state index < -0.39 is 9.84 Å². The SMILES string of the molecule is NC(=S)c1ccc(CS(=O)(=O)CCO)cc1. The van der Waals surface area contributed by atoms with Crippen molar-refractivity contribution in [2.45, 2.75) is 5.75 Å². The molecular formula is C10H13NO3S2. The van der Waals surface area contributed by atoms with E-state index in [4.69, 9.17) is 23.1 Å². The first-order chi connectivity index (χ1) is 7.44. The van der Waals surface area contributed by atoms with Crippen LogP contribution in [0.4, 0.5) is 0 Å². The first kappa shape index (κ1) is 13.1. The van der Waals surface area contributed by atoms with E-state index in [2.05, 4.69) is 0 Å². The fourth-order valence-corrected chi connectivity index (χ4v) is 2.49. The van der Waals surface area contributed by atoms with E-state index in [-0.39, 0.29) is 23.1 Å². The molecule has 0 amide bonds. The van der Waals surface area contributed by atoms with Crippen molar-refractivity contribution in [2.24, 2.45) is 5.73 Å². The Labute approximate surface area is 100 Å². The van der Waals surface area contributed by atoms with Gasteiger partial charge in [0.2, 0.25) is 0 Å². The molecule has 0 unspecified atom stereocenters. The lowest BCUT2D eigenvalue weighted by atomic mass is 10.1. The second-order valence-electron chi connectivity index (χ2n) is 3.38. The summed E-state index contributed by atoms with van der Waals surface area (Å²) in [4.78, 5) is 0.282. The second kappa shape index (κ2) is 5.38. The summed E-state index contributed by atoms with van der Waals surface area (Å²) in [5.41, 5.74) is 6.79. The molecule has 1 aromatic carbocycles. The zero-order valence-electron chi connectivity index (χ0n) is 8.59. The molecule has 6 heteroatoms. The van der Waals surface area contributed by atoms with Gasteiger partial charge in [-0.3, -0.25) is 0 Å². The van der Waals surface area contributed by atoms with Crippen LogP contribution in [0.3, 0.4) is 0 Å². The molecule has 0 aliphatic carbocycles. The Morgan fingerprint density at radius 2 is 1.88 bits per heavy atom. The molecule has 0 fully saturated rings. The summed E-state index contributed by atoms with van der Waals surface area (Å²) < 4.78 is 22.8. The molecule has 88 valence electrons. The van der Waals surface area contributed by atoms with E-state index in [1.807, 2.05) is 0 Å². The summed E-state index contributed by atoms with van der Waals surface area (Å²) in [6, 6.07) is 6.71. The molecule has 0 saturated carbocycles. The highest BCUT2D eigenvalue weighted by Crippen LogP contribution is 2.08. The third-order valence-electron chi connectivity index (χ3n) is 2.03. The third-order valence-corrected chi connectivity index (χ3v) is 3.84. The molecule has 3 N–H and O–H groups in total. The maximum absolute atomic E-state index is 11.4. The van der Waals surface area contributed by atoms with Crippen LogP contribution in [0.25, 0.3) is 0 Å². The summed E-state index contributed by atoms with van der Waals surface area (Å²) in [5.74, 6) is -0.296. The number of nitrogens with two attached hydrogens (primary N) is 1. The number of rotatable bonds is 5. The minimum Gasteiger partial charge on any atom is -0.395 e. The lowest BCUT2D eigenvalue weighted by molar-refractivity contribution is 0.319. The molecule has 0 heterocycles. The summed E-state index contributed by atoms with van der Waals surface area (Å²) in [6.07, 6.45) is 0. The lowest BCUT2D eigenvalue weighted by Gasteiger charge is -2.04. The van der Waals surface area contributed by atoms with Gasteiger partial charge in [-0.15, -0.1) is 0 Å². The zero-order chi connectivity index (χ0) is 12.2. The van der Waals surface area contributed by atoms with Gasteiger partial charge in [-0.25, -0.2) is 8.42 Å². The molecule has 0 aliphatic heterocycles. The van der Waals surface area contributed by atoms with E-state index in [0.29, 0.717) is 11.1 Å². The first-order valence-electron chi connectivity index (χ1n) is 4.64. The monoisotopic (exact) mass is 259 g/mol. The highest BCUT2D eigenvalue weighted by molar-refractivity contribution is 7.90. The Morgan fingerprint density at radius 3 is 2.31 bits per heavy atom. The molecule has 1 rings (SSSR count). The number of aliphatic hydroxyl groups excluding tert-OH is 1. The smallest absolute Gasteiger partial charge is 0.156 e. The van der Waals surface area contributed by atoms with Crippen molar-refractivity contribution < 1.29 is 13.5 Å². The van der Waals surface area contributed by atoms with Gasteiger partial charge in [-0.05, 0) is 5.56 Å². The predicted molar refractivity (Wildman–Crippen MR) is 66.9 cm³/mol. The van der Waals surface area contributed by atoms with Crippen LogP contribution in [-0.2, 0) is 15.6 Å². The van der Waals surface area contributed by atoms with Crippen LogP contribution in [0, 0.1) is 0 Å². The van der Waals surface area contributed by atoms with E-state index >= 15 is 0 Å². The standard InChI is InChI=1S/C10H13NO3S2/c11-10(15)9-3-1-8(2-4-9)7-16(13,14)6-5-12/h1-4,12H,5-7H2,(H2,11,15).